The smallest absolute Gasteiger partial charge is 0.241 e. The fourth-order valence-electron chi connectivity index (χ4n) is 2.52. The maximum Gasteiger partial charge on any atom is 0.241 e. The van der Waals surface area contributed by atoms with E-state index in [-0.39, 0.29) is 10.4 Å². The molecule has 0 heterocycles. The Morgan fingerprint density at radius 1 is 1.35 bits per heavy atom. The molecule has 112 valence electrons. The molecule has 0 spiro atoms. The Morgan fingerprint density at radius 3 is 2.55 bits per heavy atom. The van der Waals surface area contributed by atoms with E-state index in [1.165, 1.54) is 0 Å². The van der Waals surface area contributed by atoms with Crippen LogP contribution in [-0.4, -0.2) is 21.0 Å². The van der Waals surface area contributed by atoms with Gasteiger partial charge in [-0.15, -0.1) is 0 Å². The molecule has 1 fully saturated rings. The maximum absolute atomic E-state index is 12.5. The topological polar surface area (TPSA) is 58.2 Å². The van der Waals surface area contributed by atoms with Crippen LogP contribution < -0.4 is 10.0 Å². The number of benzene rings is 1. The van der Waals surface area contributed by atoms with Gasteiger partial charge in [-0.25, -0.2) is 13.1 Å². The third-order valence-electron chi connectivity index (χ3n) is 4.03. The molecular weight excluding hydrogens is 296 g/mol. The molecule has 1 aromatic rings. The van der Waals surface area contributed by atoms with Crippen molar-refractivity contribution in [1.82, 2.24) is 10.0 Å². The molecule has 0 atom stereocenters. The molecule has 1 aromatic carbocycles. The first-order valence-corrected chi connectivity index (χ1v) is 8.75. The normalized spacial score (nSPS) is 17.8. The lowest BCUT2D eigenvalue weighted by molar-refractivity contribution is 0.214. The summed E-state index contributed by atoms with van der Waals surface area (Å²) in [6, 6.07) is 4.84. The van der Waals surface area contributed by atoms with Crippen LogP contribution in [0.1, 0.15) is 38.2 Å². The Hall–Kier alpha value is -0.620. The summed E-state index contributed by atoms with van der Waals surface area (Å²) in [5.41, 5.74) is 0.540. The van der Waals surface area contributed by atoms with Gasteiger partial charge in [-0.05, 0) is 56.5 Å². The zero-order valence-electron chi connectivity index (χ0n) is 11.9. The van der Waals surface area contributed by atoms with Crippen LogP contribution in [0.4, 0.5) is 0 Å². The molecular formula is C14H21ClN2O2S. The molecule has 20 heavy (non-hydrogen) atoms. The molecule has 0 bridgehead atoms. The number of halogens is 1. The van der Waals surface area contributed by atoms with Gasteiger partial charge < -0.3 is 5.32 Å². The lowest BCUT2D eigenvalue weighted by Gasteiger charge is -2.41. The minimum Gasteiger partial charge on any atom is -0.316 e. The first-order valence-electron chi connectivity index (χ1n) is 6.89. The van der Waals surface area contributed by atoms with Crippen molar-refractivity contribution in [1.29, 1.82) is 0 Å². The van der Waals surface area contributed by atoms with Gasteiger partial charge in [-0.3, -0.25) is 0 Å². The molecule has 0 aliphatic heterocycles. The van der Waals surface area contributed by atoms with E-state index in [1.807, 2.05) is 6.92 Å². The molecule has 2 N–H and O–H groups in total. The largest absolute Gasteiger partial charge is 0.316 e. The van der Waals surface area contributed by atoms with E-state index < -0.39 is 10.0 Å². The van der Waals surface area contributed by atoms with Crippen LogP contribution in [0.2, 0.25) is 5.02 Å². The second kappa shape index (κ2) is 6.02. The van der Waals surface area contributed by atoms with Crippen molar-refractivity contribution in [2.24, 2.45) is 0 Å². The highest BCUT2D eigenvalue weighted by Gasteiger charge is 2.39. The van der Waals surface area contributed by atoms with Crippen molar-refractivity contribution in [3.8, 4) is 0 Å². The zero-order chi connectivity index (χ0) is 14.8. The highest BCUT2D eigenvalue weighted by molar-refractivity contribution is 7.89. The van der Waals surface area contributed by atoms with Gasteiger partial charge >= 0.3 is 0 Å². The molecule has 0 unspecified atom stereocenters. The van der Waals surface area contributed by atoms with E-state index in [0.29, 0.717) is 11.6 Å². The third kappa shape index (κ3) is 3.17. The van der Waals surface area contributed by atoms with E-state index in [2.05, 4.69) is 10.0 Å². The second-order valence-electron chi connectivity index (χ2n) is 5.38. The van der Waals surface area contributed by atoms with Crippen LogP contribution in [0.5, 0.6) is 0 Å². The van der Waals surface area contributed by atoms with Gasteiger partial charge in [0.25, 0.3) is 0 Å². The quantitative estimate of drug-likeness (QED) is 0.848. The van der Waals surface area contributed by atoms with Gasteiger partial charge in [0.2, 0.25) is 10.0 Å². The molecule has 1 saturated carbocycles. The molecule has 0 radical (unpaired) electrons. The molecule has 0 amide bonds. The van der Waals surface area contributed by atoms with Gasteiger partial charge in [0.05, 0.1) is 4.90 Å². The van der Waals surface area contributed by atoms with E-state index in [1.54, 1.807) is 25.2 Å². The maximum atomic E-state index is 12.5. The SMILES string of the molecule is CCC1(NS(=O)(=O)c2ccc(Cl)c(CNC)c2)CCC1. The van der Waals surface area contributed by atoms with Crippen LogP contribution in [0, 0.1) is 0 Å². The molecule has 6 heteroatoms. The number of sulfonamides is 1. The van der Waals surface area contributed by atoms with Crippen molar-refractivity contribution in [2.75, 3.05) is 7.05 Å². The van der Waals surface area contributed by atoms with Crippen molar-refractivity contribution < 1.29 is 8.42 Å². The lowest BCUT2D eigenvalue weighted by atomic mass is 9.76. The van der Waals surface area contributed by atoms with Gasteiger partial charge in [0.1, 0.15) is 0 Å². The Kier molecular flexibility index (Phi) is 4.74. The van der Waals surface area contributed by atoms with Crippen LogP contribution >= 0.6 is 11.6 Å². The standard InChI is InChI=1S/C14H21ClN2O2S/c1-3-14(7-4-8-14)17-20(18,19)12-5-6-13(15)11(9-12)10-16-2/h5-6,9,16-17H,3-4,7-8,10H2,1-2H3. The number of hydrogen-bond acceptors (Lipinski definition) is 3. The minimum absolute atomic E-state index is 0.248. The van der Waals surface area contributed by atoms with E-state index in [4.69, 9.17) is 11.6 Å². The highest BCUT2D eigenvalue weighted by atomic mass is 35.5. The second-order valence-corrected chi connectivity index (χ2v) is 7.47. The lowest BCUT2D eigenvalue weighted by Crippen LogP contribution is -2.52. The Morgan fingerprint density at radius 2 is 2.05 bits per heavy atom. The summed E-state index contributed by atoms with van der Waals surface area (Å²) in [6.45, 7) is 2.57. The number of nitrogens with one attached hydrogen (secondary N) is 2. The highest BCUT2D eigenvalue weighted by Crippen LogP contribution is 2.36. The summed E-state index contributed by atoms with van der Waals surface area (Å²) >= 11 is 6.07. The van der Waals surface area contributed by atoms with E-state index >= 15 is 0 Å². The first kappa shape index (κ1) is 15.8. The zero-order valence-corrected chi connectivity index (χ0v) is 13.4. The van der Waals surface area contributed by atoms with Crippen LogP contribution in [0.25, 0.3) is 0 Å². The average molecular weight is 317 g/mol. The van der Waals surface area contributed by atoms with Crippen LogP contribution in [0.3, 0.4) is 0 Å². The van der Waals surface area contributed by atoms with Gasteiger partial charge in [-0.2, -0.15) is 0 Å². The summed E-state index contributed by atoms with van der Waals surface area (Å²) in [7, 11) is -1.68. The molecule has 0 saturated heterocycles. The van der Waals surface area contributed by atoms with Crippen molar-refractivity contribution in [3.05, 3.63) is 28.8 Å². The fraction of sp³-hybridized carbons (Fsp3) is 0.571. The predicted molar refractivity (Wildman–Crippen MR) is 81.4 cm³/mol. The summed E-state index contributed by atoms with van der Waals surface area (Å²) in [5.74, 6) is 0. The van der Waals surface area contributed by atoms with E-state index in [0.717, 1.165) is 31.2 Å². The third-order valence-corrected chi connectivity index (χ3v) is 5.98. The first-order chi connectivity index (χ1) is 9.42. The summed E-state index contributed by atoms with van der Waals surface area (Å²) < 4.78 is 27.9. The van der Waals surface area contributed by atoms with Gasteiger partial charge in [0.15, 0.2) is 0 Å². The minimum atomic E-state index is -3.48. The van der Waals surface area contributed by atoms with Gasteiger partial charge in [-0.1, -0.05) is 18.5 Å². The Bertz CT molecular complexity index is 577. The van der Waals surface area contributed by atoms with Crippen LogP contribution in [0.15, 0.2) is 23.1 Å². The molecule has 4 nitrogen and oxygen atoms in total. The fourth-order valence-corrected chi connectivity index (χ4v) is 4.28. The van der Waals surface area contributed by atoms with Crippen molar-refractivity contribution in [2.45, 2.75) is 49.6 Å². The monoisotopic (exact) mass is 316 g/mol. The predicted octanol–water partition coefficient (Wildman–Crippen LogP) is 2.67. The molecule has 0 aromatic heterocycles. The Labute approximate surface area is 126 Å². The summed E-state index contributed by atoms with van der Waals surface area (Å²) in [6.07, 6.45) is 3.74. The number of hydrogen-bond donors (Lipinski definition) is 2. The van der Waals surface area contributed by atoms with E-state index in [9.17, 15) is 8.42 Å². The van der Waals surface area contributed by atoms with Crippen molar-refractivity contribution >= 4 is 21.6 Å². The van der Waals surface area contributed by atoms with Gasteiger partial charge in [0, 0.05) is 17.1 Å². The van der Waals surface area contributed by atoms with Crippen LogP contribution in [-0.2, 0) is 16.6 Å². The summed E-state index contributed by atoms with van der Waals surface area (Å²) in [5, 5.41) is 3.56. The Balaban J connectivity index is 2.27. The molecule has 1 aliphatic rings. The van der Waals surface area contributed by atoms with Crippen molar-refractivity contribution in [3.63, 3.8) is 0 Å². The molecule has 2 rings (SSSR count). The average Bonchev–Trinajstić information content (AvgIpc) is 2.36. The summed E-state index contributed by atoms with van der Waals surface area (Å²) in [4.78, 5) is 0.284. The molecule has 1 aliphatic carbocycles. The number of rotatable bonds is 6.